The van der Waals surface area contributed by atoms with E-state index in [-0.39, 0.29) is 12.5 Å². The van der Waals surface area contributed by atoms with Crippen molar-refractivity contribution in [3.8, 4) is 5.75 Å². The van der Waals surface area contributed by atoms with Crippen LogP contribution in [-0.2, 0) is 17.8 Å². The van der Waals surface area contributed by atoms with E-state index in [0.717, 1.165) is 24.3 Å². The number of nitrogens with one attached hydrogen (secondary N) is 2. The summed E-state index contributed by atoms with van der Waals surface area (Å²) in [5, 5.41) is 6.65. The van der Waals surface area contributed by atoms with Crippen molar-refractivity contribution in [3.63, 3.8) is 0 Å². The normalized spacial score (nSPS) is 10.3. The molecule has 0 saturated heterocycles. The standard InChI is InChI=1S/C18H21ClN2O2/c1-23-16-7-4-5-14(11-16)9-10-20-13-18(22)21-12-15-6-2-3-8-17(15)19/h2-8,11,20H,9-10,12-13H2,1H3,(H,21,22). The molecule has 23 heavy (non-hydrogen) atoms. The zero-order chi connectivity index (χ0) is 16.5. The third kappa shape index (κ3) is 5.93. The molecule has 0 atom stereocenters. The second-order valence-electron chi connectivity index (χ2n) is 5.15. The minimum Gasteiger partial charge on any atom is -0.497 e. The van der Waals surface area contributed by atoms with Gasteiger partial charge in [0.15, 0.2) is 0 Å². The van der Waals surface area contributed by atoms with Gasteiger partial charge >= 0.3 is 0 Å². The van der Waals surface area contributed by atoms with Crippen molar-refractivity contribution in [2.75, 3.05) is 20.2 Å². The summed E-state index contributed by atoms with van der Waals surface area (Å²) in [5.41, 5.74) is 2.09. The molecule has 2 aromatic carbocycles. The molecule has 2 N–H and O–H groups in total. The van der Waals surface area contributed by atoms with Gasteiger partial charge in [0, 0.05) is 11.6 Å². The van der Waals surface area contributed by atoms with Crippen LogP contribution in [-0.4, -0.2) is 26.1 Å². The topological polar surface area (TPSA) is 50.4 Å². The Balaban J connectivity index is 1.66. The minimum absolute atomic E-state index is 0.0458. The quantitative estimate of drug-likeness (QED) is 0.731. The number of amides is 1. The van der Waals surface area contributed by atoms with Crippen LogP contribution in [0.5, 0.6) is 5.75 Å². The van der Waals surface area contributed by atoms with Crippen molar-refractivity contribution >= 4 is 17.5 Å². The van der Waals surface area contributed by atoms with Gasteiger partial charge in [0.2, 0.25) is 5.91 Å². The number of methoxy groups -OCH3 is 1. The Hall–Kier alpha value is -2.04. The average molecular weight is 333 g/mol. The highest BCUT2D eigenvalue weighted by atomic mass is 35.5. The summed E-state index contributed by atoms with van der Waals surface area (Å²) in [7, 11) is 1.65. The smallest absolute Gasteiger partial charge is 0.234 e. The Morgan fingerprint density at radius 1 is 1.17 bits per heavy atom. The first-order valence-corrected chi connectivity index (χ1v) is 7.90. The average Bonchev–Trinajstić information content (AvgIpc) is 2.58. The number of benzene rings is 2. The molecule has 5 heteroatoms. The van der Waals surface area contributed by atoms with Crippen molar-refractivity contribution < 1.29 is 9.53 Å². The van der Waals surface area contributed by atoms with Crippen LogP contribution in [0.3, 0.4) is 0 Å². The Labute approximate surface area is 141 Å². The Morgan fingerprint density at radius 2 is 2.00 bits per heavy atom. The minimum atomic E-state index is -0.0458. The van der Waals surface area contributed by atoms with Gasteiger partial charge in [0.1, 0.15) is 5.75 Å². The van der Waals surface area contributed by atoms with Gasteiger partial charge < -0.3 is 15.4 Å². The van der Waals surface area contributed by atoms with E-state index in [9.17, 15) is 4.79 Å². The fourth-order valence-electron chi connectivity index (χ4n) is 2.16. The molecule has 0 aliphatic rings. The maximum absolute atomic E-state index is 11.8. The van der Waals surface area contributed by atoms with Crippen molar-refractivity contribution in [2.24, 2.45) is 0 Å². The molecule has 0 spiro atoms. The number of carbonyl (C=O) groups excluding carboxylic acids is 1. The van der Waals surface area contributed by atoms with Crippen LogP contribution in [0, 0.1) is 0 Å². The largest absolute Gasteiger partial charge is 0.497 e. The first-order valence-electron chi connectivity index (χ1n) is 7.53. The lowest BCUT2D eigenvalue weighted by Crippen LogP contribution is -2.34. The molecule has 0 radical (unpaired) electrons. The van der Waals surface area contributed by atoms with E-state index in [1.54, 1.807) is 7.11 Å². The van der Waals surface area contributed by atoms with Gasteiger partial charge in [-0.05, 0) is 42.3 Å². The van der Waals surface area contributed by atoms with Gasteiger partial charge in [0.05, 0.1) is 13.7 Å². The van der Waals surface area contributed by atoms with Gasteiger partial charge in [-0.2, -0.15) is 0 Å². The number of rotatable bonds is 8. The molecule has 122 valence electrons. The summed E-state index contributed by atoms with van der Waals surface area (Å²) >= 11 is 6.05. The van der Waals surface area contributed by atoms with E-state index in [2.05, 4.69) is 10.6 Å². The highest BCUT2D eigenvalue weighted by Gasteiger charge is 2.03. The molecule has 2 rings (SSSR count). The first kappa shape index (κ1) is 17.3. The highest BCUT2D eigenvalue weighted by molar-refractivity contribution is 6.31. The molecule has 0 heterocycles. The van der Waals surface area contributed by atoms with E-state index in [0.29, 0.717) is 11.6 Å². The van der Waals surface area contributed by atoms with Crippen LogP contribution in [0.2, 0.25) is 5.02 Å². The third-order valence-corrected chi connectivity index (χ3v) is 3.81. The van der Waals surface area contributed by atoms with Crippen LogP contribution >= 0.6 is 11.6 Å². The number of halogens is 1. The van der Waals surface area contributed by atoms with Crippen molar-refractivity contribution in [1.82, 2.24) is 10.6 Å². The zero-order valence-electron chi connectivity index (χ0n) is 13.1. The van der Waals surface area contributed by atoms with Crippen LogP contribution in [0.25, 0.3) is 0 Å². The Morgan fingerprint density at radius 3 is 2.78 bits per heavy atom. The van der Waals surface area contributed by atoms with Gasteiger partial charge in [-0.25, -0.2) is 0 Å². The van der Waals surface area contributed by atoms with Crippen LogP contribution in [0.4, 0.5) is 0 Å². The first-order chi connectivity index (χ1) is 11.2. The second-order valence-corrected chi connectivity index (χ2v) is 5.55. The maximum atomic E-state index is 11.8. The number of carbonyl (C=O) groups is 1. The molecule has 0 aromatic heterocycles. The number of hydrogen-bond donors (Lipinski definition) is 2. The fourth-order valence-corrected chi connectivity index (χ4v) is 2.36. The van der Waals surface area contributed by atoms with Gasteiger partial charge in [-0.1, -0.05) is 41.9 Å². The molecule has 1 amide bonds. The lowest BCUT2D eigenvalue weighted by atomic mass is 10.1. The predicted octanol–water partition coefficient (Wildman–Crippen LogP) is 2.80. The summed E-state index contributed by atoms with van der Waals surface area (Å²) in [5.74, 6) is 0.801. The van der Waals surface area contributed by atoms with E-state index < -0.39 is 0 Å². The number of ether oxygens (including phenoxy) is 1. The number of hydrogen-bond acceptors (Lipinski definition) is 3. The monoisotopic (exact) mass is 332 g/mol. The molecule has 2 aromatic rings. The molecule has 0 bridgehead atoms. The third-order valence-electron chi connectivity index (χ3n) is 3.44. The van der Waals surface area contributed by atoms with Crippen LogP contribution < -0.4 is 15.4 Å². The van der Waals surface area contributed by atoms with Crippen molar-refractivity contribution in [1.29, 1.82) is 0 Å². The Kier molecular flexibility index (Phi) is 6.91. The van der Waals surface area contributed by atoms with E-state index in [4.69, 9.17) is 16.3 Å². The molecule has 0 unspecified atom stereocenters. The lowest BCUT2D eigenvalue weighted by Gasteiger charge is -2.08. The predicted molar refractivity (Wildman–Crippen MR) is 92.9 cm³/mol. The van der Waals surface area contributed by atoms with E-state index in [1.807, 2.05) is 48.5 Å². The molecule has 4 nitrogen and oxygen atoms in total. The highest BCUT2D eigenvalue weighted by Crippen LogP contribution is 2.14. The molecular weight excluding hydrogens is 312 g/mol. The molecule has 0 aliphatic carbocycles. The summed E-state index contributed by atoms with van der Waals surface area (Å²) in [6.45, 7) is 1.46. The van der Waals surface area contributed by atoms with Crippen molar-refractivity contribution in [2.45, 2.75) is 13.0 Å². The molecular formula is C18H21ClN2O2. The van der Waals surface area contributed by atoms with Gasteiger partial charge in [-0.3, -0.25) is 4.79 Å². The summed E-state index contributed by atoms with van der Waals surface area (Å²) in [4.78, 5) is 11.8. The summed E-state index contributed by atoms with van der Waals surface area (Å²) < 4.78 is 5.19. The Bertz CT molecular complexity index is 646. The zero-order valence-corrected chi connectivity index (χ0v) is 13.9. The molecule has 0 fully saturated rings. The maximum Gasteiger partial charge on any atom is 0.234 e. The lowest BCUT2D eigenvalue weighted by molar-refractivity contribution is -0.120. The van der Waals surface area contributed by atoms with Crippen LogP contribution in [0.1, 0.15) is 11.1 Å². The SMILES string of the molecule is COc1cccc(CCNCC(=O)NCc2ccccc2Cl)c1. The summed E-state index contributed by atoms with van der Waals surface area (Å²) in [6, 6.07) is 15.4. The van der Waals surface area contributed by atoms with E-state index >= 15 is 0 Å². The summed E-state index contributed by atoms with van der Waals surface area (Å²) in [6.07, 6.45) is 0.842. The molecule has 0 aliphatic heterocycles. The van der Waals surface area contributed by atoms with Crippen LogP contribution in [0.15, 0.2) is 48.5 Å². The molecule has 0 saturated carbocycles. The fraction of sp³-hybridized carbons (Fsp3) is 0.278. The van der Waals surface area contributed by atoms with Gasteiger partial charge in [-0.15, -0.1) is 0 Å². The van der Waals surface area contributed by atoms with Crippen molar-refractivity contribution in [3.05, 3.63) is 64.7 Å². The van der Waals surface area contributed by atoms with E-state index in [1.165, 1.54) is 5.56 Å². The van der Waals surface area contributed by atoms with Gasteiger partial charge in [0.25, 0.3) is 0 Å². The second kappa shape index (κ2) is 9.18.